The number of fused-ring (bicyclic) bond motifs is 1. The molecular weight excluding hydrogens is 568 g/mol. The molecule has 0 aliphatic carbocycles. The summed E-state index contributed by atoms with van der Waals surface area (Å²) < 4.78 is 37.1. The number of carbonyl (C=O) groups is 3. The third-order valence-electron chi connectivity index (χ3n) is 6.96. The van der Waals surface area contributed by atoms with Crippen LogP contribution in [0.5, 0.6) is 0 Å². The molecule has 2 aliphatic heterocycles. The zero-order chi connectivity index (χ0) is 29.0. The molecule has 2 N–H and O–H groups in total. The van der Waals surface area contributed by atoms with Gasteiger partial charge in [0.15, 0.2) is 0 Å². The molecule has 216 valence electrons. The predicted octanol–water partition coefficient (Wildman–Crippen LogP) is 3.08. The number of rotatable bonds is 7. The second kappa shape index (κ2) is 12.5. The minimum absolute atomic E-state index is 0.0826. The molecule has 11 nitrogen and oxygen atoms in total. The van der Waals surface area contributed by atoms with Crippen LogP contribution in [-0.4, -0.2) is 75.5 Å². The number of hydrogen-bond donors (Lipinski definition) is 2. The maximum atomic E-state index is 13.2. The number of morpholine rings is 1. The van der Waals surface area contributed by atoms with E-state index in [1.54, 1.807) is 0 Å². The molecule has 0 atom stereocenters. The van der Waals surface area contributed by atoms with Gasteiger partial charge in [-0.1, -0.05) is 30.3 Å². The lowest BCUT2D eigenvalue weighted by Crippen LogP contribution is -2.40. The highest BCUT2D eigenvalue weighted by Crippen LogP contribution is 2.38. The molecule has 1 fully saturated rings. The first kappa shape index (κ1) is 28.9. The normalized spacial score (nSPS) is 16.0. The van der Waals surface area contributed by atoms with Crippen LogP contribution in [0.15, 0.2) is 59.5 Å². The largest absolute Gasteiger partial charge is 0.453 e. The van der Waals surface area contributed by atoms with Gasteiger partial charge in [0.05, 0.1) is 30.8 Å². The highest BCUT2D eigenvalue weighted by Gasteiger charge is 2.30. The van der Waals surface area contributed by atoms with E-state index >= 15 is 0 Å². The van der Waals surface area contributed by atoms with Gasteiger partial charge in [0, 0.05) is 43.2 Å². The van der Waals surface area contributed by atoms with Crippen molar-refractivity contribution >= 4 is 44.3 Å². The van der Waals surface area contributed by atoms with Crippen molar-refractivity contribution in [2.75, 3.05) is 45.3 Å². The molecule has 0 saturated carbocycles. The molecule has 2 aliphatic rings. The SMILES string of the molecule is COC(=O)NC(=O)c1c(NC(=O)c2ccc(S(=O)(=O)N3CCOCC3)cc2)sc2c1CCN(Cc1ccccc1)C2. The first-order valence-corrected chi connectivity index (χ1v) is 15.3. The average molecular weight is 599 g/mol. The lowest BCUT2D eigenvalue weighted by atomic mass is 10.0. The predicted molar refractivity (Wildman–Crippen MR) is 152 cm³/mol. The smallest absolute Gasteiger partial charge is 0.413 e. The van der Waals surface area contributed by atoms with Crippen LogP contribution in [0.2, 0.25) is 0 Å². The Kier molecular flexibility index (Phi) is 8.80. The molecule has 3 aromatic rings. The molecule has 0 bridgehead atoms. The van der Waals surface area contributed by atoms with Gasteiger partial charge in [-0.25, -0.2) is 13.2 Å². The standard InChI is InChI=1S/C28H30N4O7S2/c1-38-28(35)30-26(34)24-22-11-12-31(17-19-5-3-2-4-6-19)18-23(22)40-27(24)29-25(33)20-7-9-21(10-8-20)41(36,37)32-13-15-39-16-14-32/h2-10H,11-18H2,1H3,(H,29,33)(H,30,34,35). The number of benzene rings is 2. The van der Waals surface area contributed by atoms with Crippen molar-refractivity contribution in [3.05, 3.63) is 81.7 Å². The summed E-state index contributed by atoms with van der Waals surface area (Å²) in [5.74, 6) is -1.17. The molecule has 0 radical (unpaired) electrons. The number of amides is 3. The zero-order valence-corrected chi connectivity index (χ0v) is 24.1. The number of methoxy groups -OCH3 is 1. The van der Waals surface area contributed by atoms with Gasteiger partial charge in [-0.3, -0.25) is 19.8 Å². The molecule has 0 unspecified atom stereocenters. The summed E-state index contributed by atoms with van der Waals surface area (Å²) in [5, 5.41) is 5.33. The molecule has 41 heavy (non-hydrogen) atoms. The number of alkyl carbamates (subject to hydrolysis) is 1. The maximum absolute atomic E-state index is 13.2. The first-order chi connectivity index (χ1) is 19.8. The minimum Gasteiger partial charge on any atom is -0.453 e. The maximum Gasteiger partial charge on any atom is 0.413 e. The van der Waals surface area contributed by atoms with Crippen molar-refractivity contribution < 1.29 is 32.3 Å². The number of nitrogens with one attached hydrogen (secondary N) is 2. The second-order valence-electron chi connectivity index (χ2n) is 9.59. The van der Waals surface area contributed by atoms with Gasteiger partial charge in [-0.05, 0) is 41.8 Å². The van der Waals surface area contributed by atoms with E-state index < -0.39 is 27.9 Å². The van der Waals surface area contributed by atoms with Crippen LogP contribution in [-0.2, 0) is 39.0 Å². The Balaban J connectivity index is 1.37. The zero-order valence-electron chi connectivity index (χ0n) is 22.4. The van der Waals surface area contributed by atoms with Crippen molar-refractivity contribution in [1.82, 2.24) is 14.5 Å². The number of imide groups is 1. The summed E-state index contributed by atoms with van der Waals surface area (Å²) >= 11 is 1.29. The van der Waals surface area contributed by atoms with Crippen LogP contribution < -0.4 is 10.6 Å². The Hall–Kier alpha value is -3.62. The monoisotopic (exact) mass is 598 g/mol. The Morgan fingerprint density at radius 1 is 0.976 bits per heavy atom. The van der Waals surface area contributed by atoms with Crippen molar-refractivity contribution in [2.24, 2.45) is 0 Å². The topological polar surface area (TPSA) is 134 Å². The molecule has 2 aromatic carbocycles. The van der Waals surface area contributed by atoms with E-state index in [-0.39, 0.29) is 29.1 Å². The highest BCUT2D eigenvalue weighted by atomic mass is 32.2. The molecule has 5 rings (SSSR count). The van der Waals surface area contributed by atoms with E-state index in [4.69, 9.17) is 4.74 Å². The van der Waals surface area contributed by atoms with Crippen LogP contribution in [0.3, 0.4) is 0 Å². The fourth-order valence-electron chi connectivity index (χ4n) is 4.86. The van der Waals surface area contributed by atoms with Crippen LogP contribution in [0.4, 0.5) is 9.80 Å². The molecule has 1 aromatic heterocycles. The van der Waals surface area contributed by atoms with E-state index in [1.807, 2.05) is 18.2 Å². The summed E-state index contributed by atoms with van der Waals surface area (Å²) in [6.07, 6.45) is -0.335. The average Bonchev–Trinajstić information content (AvgIpc) is 3.35. The van der Waals surface area contributed by atoms with Crippen LogP contribution in [0, 0.1) is 0 Å². The number of thiophene rings is 1. The van der Waals surface area contributed by atoms with Gasteiger partial charge < -0.3 is 14.8 Å². The second-order valence-corrected chi connectivity index (χ2v) is 12.6. The number of anilines is 1. The van der Waals surface area contributed by atoms with Gasteiger partial charge in [-0.15, -0.1) is 11.3 Å². The van der Waals surface area contributed by atoms with Gasteiger partial charge >= 0.3 is 6.09 Å². The lowest BCUT2D eigenvalue weighted by molar-refractivity contribution is 0.0730. The van der Waals surface area contributed by atoms with E-state index in [2.05, 4.69) is 32.4 Å². The first-order valence-electron chi connectivity index (χ1n) is 13.1. The molecule has 13 heteroatoms. The molecule has 3 amide bonds. The molecule has 1 saturated heterocycles. The van der Waals surface area contributed by atoms with Gasteiger partial charge in [0.25, 0.3) is 11.8 Å². The summed E-state index contributed by atoms with van der Waals surface area (Å²) in [5.41, 5.74) is 2.41. The van der Waals surface area contributed by atoms with Crippen LogP contribution in [0.1, 0.15) is 36.7 Å². The summed E-state index contributed by atoms with van der Waals surface area (Å²) in [4.78, 5) is 41.4. The van der Waals surface area contributed by atoms with Gasteiger partial charge in [0.1, 0.15) is 5.00 Å². The van der Waals surface area contributed by atoms with E-state index in [0.717, 1.165) is 17.0 Å². The van der Waals surface area contributed by atoms with Crippen LogP contribution in [0.25, 0.3) is 0 Å². The van der Waals surface area contributed by atoms with Crippen molar-refractivity contribution in [3.63, 3.8) is 0 Å². The van der Waals surface area contributed by atoms with Crippen molar-refractivity contribution in [1.29, 1.82) is 0 Å². The fraction of sp³-hybridized carbons (Fsp3) is 0.321. The molecular formula is C28H30N4O7S2. The number of sulfonamides is 1. The van der Waals surface area contributed by atoms with E-state index in [1.165, 1.54) is 52.6 Å². The van der Waals surface area contributed by atoms with Crippen molar-refractivity contribution in [3.8, 4) is 0 Å². The highest BCUT2D eigenvalue weighted by molar-refractivity contribution is 7.89. The van der Waals surface area contributed by atoms with Crippen molar-refractivity contribution in [2.45, 2.75) is 24.4 Å². The minimum atomic E-state index is -3.70. The Bertz CT molecular complexity index is 1530. The lowest BCUT2D eigenvalue weighted by Gasteiger charge is -2.27. The third kappa shape index (κ3) is 6.49. The van der Waals surface area contributed by atoms with Gasteiger partial charge in [0.2, 0.25) is 10.0 Å². The van der Waals surface area contributed by atoms with Gasteiger partial charge in [-0.2, -0.15) is 4.31 Å². The Labute approximate surface area is 242 Å². The number of hydrogen-bond acceptors (Lipinski definition) is 9. The number of ether oxygens (including phenoxy) is 2. The van der Waals surface area contributed by atoms with Crippen LogP contribution >= 0.6 is 11.3 Å². The summed E-state index contributed by atoms with van der Waals surface area (Å²) in [7, 11) is -2.54. The molecule has 3 heterocycles. The Morgan fingerprint density at radius 3 is 2.37 bits per heavy atom. The third-order valence-corrected chi connectivity index (χ3v) is 10.0. The van der Waals surface area contributed by atoms with E-state index in [9.17, 15) is 22.8 Å². The van der Waals surface area contributed by atoms with E-state index in [0.29, 0.717) is 37.7 Å². The fourth-order valence-corrected chi connectivity index (χ4v) is 7.55. The Morgan fingerprint density at radius 2 is 1.68 bits per heavy atom. The molecule has 0 spiro atoms. The summed E-state index contributed by atoms with van der Waals surface area (Å²) in [6.45, 7) is 3.23. The number of nitrogens with zero attached hydrogens (tertiary/aromatic N) is 2. The number of carbonyl (C=O) groups excluding carboxylic acids is 3. The quantitative estimate of drug-likeness (QED) is 0.424. The summed E-state index contributed by atoms with van der Waals surface area (Å²) in [6, 6.07) is 15.7.